The summed E-state index contributed by atoms with van der Waals surface area (Å²) in [6.45, 7) is 0. The SMILES string of the molecule is O=C(O)c1ccc(Cl)cc1OC1CCCCCC1O. The van der Waals surface area contributed by atoms with E-state index < -0.39 is 12.1 Å². The molecule has 1 aromatic carbocycles. The first-order valence-electron chi connectivity index (χ1n) is 6.45. The van der Waals surface area contributed by atoms with Gasteiger partial charge in [0.15, 0.2) is 0 Å². The Balaban J connectivity index is 2.21. The summed E-state index contributed by atoms with van der Waals surface area (Å²) in [4.78, 5) is 11.1. The lowest BCUT2D eigenvalue weighted by Crippen LogP contribution is -2.31. The van der Waals surface area contributed by atoms with Gasteiger partial charge in [0.2, 0.25) is 0 Å². The number of halogens is 1. The molecule has 19 heavy (non-hydrogen) atoms. The molecular formula is C14H17ClO4. The van der Waals surface area contributed by atoms with Gasteiger partial charge >= 0.3 is 5.97 Å². The van der Waals surface area contributed by atoms with Crippen LogP contribution in [0.1, 0.15) is 42.5 Å². The van der Waals surface area contributed by atoms with Crippen molar-refractivity contribution in [3.63, 3.8) is 0 Å². The second kappa shape index (κ2) is 6.26. The van der Waals surface area contributed by atoms with Crippen LogP contribution >= 0.6 is 11.6 Å². The predicted octanol–water partition coefficient (Wildman–Crippen LogP) is 3.11. The first kappa shape index (κ1) is 14.2. The number of aliphatic hydroxyl groups excluding tert-OH is 1. The monoisotopic (exact) mass is 284 g/mol. The van der Waals surface area contributed by atoms with Crippen LogP contribution in [-0.4, -0.2) is 28.4 Å². The van der Waals surface area contributed by atoms with Crippen molar-refractivity contribution in [1.29, 1.82) is 0 Å². The topological polar surface area (TPSA) is 66.8 Å². The smallest absolute Gasteiger partial charge is 0.339 e. The summed E-state index contributed by atoms with van der Waals surface area (Å²) in [5.74, 6) is -0.833. The Morgan fingerprint density at radius 3 is 2.74 bits per heavy atom. The first-order valence-corrected chi connectivity index (χ1v) is 6.83. The van der Waals surface area contributed by atoms with Gasteiger partial charge in [-0.25, -0.2) is 4.79 Å². The number of carboxylic acid groups (broad SMARTS) is 1. The molecule has 0 amide bonds. The van der Waals surface area contributed by atoms with Crippen LogP contribution in [0.4, 0.5) is 0 Å². The Hall–Kier alpha value is -1.26. The van der Waals surface area contributed by atoms with Gasteiger partial charge in [-0.05, 0) is 37.5 Å². The number of aromatic carboxylic acids is 1. The summed E-state index contributed by atoms with van der Waals surface area (Å²) >= 11 is 5.87. The molecule has 2 unspecified atom stereocenters. The number of aliphatic hydroxyl groups is 1. The van der Waals surface area contributed by atoms with Gasteiger partial charge in [0.05, 0.1) is 6.10 Å². The molecule has 0 saturated heterocycles. The highest BCUT2D eigenvalue weighted by molar-refractivity contribution is 6.30. The minimum absolute atomic E-state index is 0.0702. The first-order chi connectivity index (χ1) is 9.08. The van der Waals surface area contributed by atoms with E-state index in [9.17, 15) is 9.90 Å². The molecule has 5 heteroatoms. The fourth-order valence-corrected chi connectivity index (χ4v) is 2.49. The van der Waals surface area contributed by atoms with Gasteiger partial charge in [0.25, 0.3) is 0 Å². The lowest BCUT2D eigenvalue weighted by molar-refractivity contribution is 0.0305. The number of carboxylic acids is 1. The maximum Gasteiger partial charge on any atom is 0.339 e. The van der Waals surface area contributed by atoms with Crippen molar-refractivity contribution < 1.29 is 19.7 Å². The molecule has 1 fully saturated rings. The molecule has 0 spiro atoms. The molecule has 1 aliphatic carbocycles. The van der Waals surface area contributed by atoms with E-state index in [0.717, 1.165) is 25.7 Å². The van der Waals surface area contributed by atoms with E-state index in [4.69, 9.17) is 21.4 Å². The average Bonchev–Trinajstić information content (AvgIpc) is 2.55. The van der Waals surface area contributed by atoms with Gasteiger partial charge < -0.3 is 14.9 Å². The minimum atomic E-state index is -1.06. The Labute approximate surface area is 117 Å². The summed E-state index contributed by atoms with van der Waals surface area (Å²) in [5.41, 5.74) is 0.0702. The minimum Gasteiger partial charge on any atom is -0.487 e. The Bertz CT molecular complexity index is 461. The largest absolute Gasteiger partial charge is 0.487 e. The normalized spacial score (nSPS) is 23.7. The van der Waals surface area contributed by atoms with Gasteiger partial charge in [-0.15, -0.1) is 0 Å². The van der Waals surface area contributed by atoms with E-state index in [0.29, 0.717) is 11.4 Å². The van der Waals surface area contributed by atoms with Crippen LogP contribution < -0.4 is 4.74 Å². The van der Waals surface area contributed by atoms with Crippen LogP contribution in [0.15, 0.2) is 18.2 Å². The predicted molar refractivity (Wildman–Crippen MR) is 71.9 cm³/mol. The van der Waals surface area contributed by atoms with Crippen molar-refractivity contribution >= 4 is 17.6 Å². The molecule has 2 rings (SSSR count). The summed E-state index contributed by atoms with van der Waals surface area (Å²) in [6, 6.07) is 4.42. The molecular weight excluding hydrogens is 268 g/mol. The van der Waals surface area contributed by atoms with E-state index in [1.807, 2.05) is 0 Å². The molecule has 2 atom stereocenters. The Kier molecular flexibility index (Phi) is 4.66. The third-order valence-corrected chi connectivity index (χ3v) is 3.61. The summed E-state index contributed by atoms with van der Waals surface area (Å²) in [5, 5.41) is 19.5. The maximum absolute atomic E-state index is 11.1. The molecule has 0 bridgehead atoms. The van der Waals surface area contributed by atoms with Crippen molar-refractivity contribution in [3.05, 3.63) is 28.8 Å². The van der Waals surface area contributed by atoms with Gasteiger partial charge in [-0.2, -0.15) is 0 Å². The summed E-state index contributed by atoms with van der Waals surface area (Å²) in [7, 11) is 0. The number of rotatable bonds is 3. The van der Waals surface area contributed by atoms with Crippen LogP contribution in [0.3, 0.4) is 0 Å². The van der Waals surface area contributed by atoms with Crippen molar-refractivity contribution in [1.82, 2.24) is 0 Å². The van der Waals surface area contributed by atoms with E-state index in [1.165, 1.54) is 18.2 Å². The molecule has 0 heterocycles. The zero-order valence-corrected chi connectivity index (χ0v) is 11.3. The lowest BCUT2D eigenvalue weighted by atomic mass is 10.1. The van der Waals surface area contributed by atoms with E-state index >= 15 is 0 Å². The Morgan fingerprint density at radius 1 is 1.26 bits per heavy atom. The zero-order chi connectivity index (χ0) is 13.8. The maximum atomic E-state index is 11.1. The number of carbonyl (C=O) groups is 1. The molecule has 2 N–H and O–H groups in total. The highest BCUT2D eigenvalue weighted by Crippen LogP contribution is 2.28. The standard InChI is InChI=1S/C14H17ClO4/c15-9-6-7-10(14(17)18)13(8-9)19-12-5-3-1-2-4-11(12)16/h6-8,11-12,16H,1-5H2,(H,17,18). The zero-order valence-electron chi connectivity index (χ0n) is 10.5. The summed E-state index contributed by atoms with van der Waals surface area (Å²) < 4.78 is 5.71. The molecule has 1 saturated carbocycles. The van der Waals surface area contributed by atoms with Gasteiger partial charge in [-0.3, -0.25) is 0 Å². The number of ether oxygens (including phenoxy) is 1. The van der Waals surface area contributed by atoms with Gasteiger partial charge in [0.1, 0.15) is 17.4 Å². The molecule has 0 aromatic heterocycles. The molecule has 0 aliphatic heterocycles. The third kappa shape index (κ3) is 3.61. The van der Waals surface area contributed by atoms with Crippen LogP contribution in [0.5, 0.6) is 5.75 Å². The van der Waals surface area contributed by atoms with Gasteiger partial charge in [0, 0.05) is 5.02 Å². The highest BCUT2D eigenvalue weighted by atomic mass is 35.5. The molecule has 1 aliphatic rings. The summed E-state index contributed by atoms with van der Waals surface area (Å²) in [6.07, 6.45) is 3.52. The molecule has 1 aromatic rings. The quantitative estimate of drug-likeness (QED) is 0.837. The van der Waals surface area contributed by atoms with Gasteiger partial charge in [-0.1, -0.05) is 24.4 Å². The fraction of sp³-hybridized carbons (Fsp3) is 0.500. The van der Waals surface area contributed by atoms with Crippen LogP contribution in [0.2, 0.25) is 5.02 Å². The van der Waals surface area contributed by atoms with Crippen LogP contribution in [-0.2, 0) is 0 Å². The number of hydrogen-bond donors (Lipinski definition) is 2. The molecule has 0 radical (unpaired) electrons. The number of hydrogen-bond acceptors (Lipinski definition) is 3. The number of benzene rings is 1. The molecule has 4 nitrogen and oxygen atoms in total. The van der Waals surface area contributed by atoms with Crippen LogP contribution in [0, 0.1) is 0 Å². The fourth-order valence-electron chi connectivity index (χ4n) is 2.32. The van der Waals surface area contributed by atoms with Crippen molar-refractivity contribution in [2.45, 2.75) is 44.3 Å². The van der Waals surface area contributed by atoms with Crippen LogP contribution in [0.25, 0.3) is 0 Å². The second-order valence-corrected chi connectivity index (χ2v) is 5.24. The third-order valence-electron chi connectivity index (χ3n) is 3.37. The average molecular weight is 285 g/mol. The molecule has 104 valence electrons. The van der Waals surface area contributed by atoms with E-state index in [1.54, 1.807) is 0 Å². The lowest BCUT2D eigenvalue weighted by Gasteiger charge is -2.23. The second-order valence-electron chi connectivity index (χ2n) is 4.81. The van der Waals surface area contributed by atoms with Crippen molar-refractivity contribution in [2.75, 3.05) is 0 Å². The van der Waals surface area contributed by atoms with Crippen molar-refractivity contribution in [3.8, 4) is 5.75 Å². The van der Waals surface area contributed by atoms with E-state index in [-0.39, 0.29) is 17.4 Å². The van der Waals surface area contributed by atoms with E-state index in [2.05, 4.69) is 0 Å². The van der Waals surface area contributed by atoms with Crippen molar-refractivity contribution in [2.24, 2.45) is 0 Å². The Morgan fingerprint density at radius 2 is 2.00 bits per heavy atom. The highest BCUT2D eigenvalue weighted by Gasteiger charge is 2.25.